The minimum absolute atomic E-state index is 0.221. The van der Waals surface area contributed by atoms with E-state index in [1.54, 1.807) is 0 Å². The number of halogens is 1. The number of benzene rings is 1. The molecule has 0 radical (unpaired) electrons. The van der Waals surface area contributed by atoms with E-state index in [0.29, 0.717) is 5.39 Å². The van der Waals surface area contributed by atoms with Crippen LogP contribution in [0.2, 0.25) is 0 Å². The van der Waals surface area contributed by atoms with Crippen LogP contribution in [0.3, 0.4) is 0 Å². The standard InChI is InChI=1S/C11H7FO4/c1-15-10(13)8-5-6-4-7(12)2-3-9(6)16-11(8)14/h2-5H,1H3. The molecule has 1 heterocycles. The minimum atomic E-state index is -0.806. The second kappa shape index (κ2) is 3.77. The van der Waals surface area contributed by atoms with Gasteiger partial charge in [0.25, 0.3) is 0 Å². The molecule has 5 heteroatoms. The van der Waals surface area contributed by atoms with Crippen LogP contribution in [0.4, 0.5) is 4.39 Å². The first-order valence-electron chi connectivity index (χ1n) is 4.43. The van der Waals surface area contributed by atoms with E-state index >= 15 is 0 Å². The molecule has 0 fully saturated rings. The van der Waals surface area contributed by atoms with Gasteiger partial charge in [0.2, 0.25) is 0 Å². The highest BCUT2D eigenvalue weighted by molar-refractivity contribution is 5.92. The molecule has 0 amide bonds. The number of ether oxygens (including phenoxy) is 1. The van der Waals surface area contributed by atoms with E-state index in [2.05, 4.69) is 4.74 Å². The average Bonchev–Trinajstić information content (AvgIpc) is 2.28. The summed E-state index contributed by atoms with van der Waals surface area (Å²) in [6, 6.07) is 4.91. The molecule has 0 spiro atoms. The van der Waals surface area contributed by atoms with Crippen molar-refractivity contribution in [1.29, 1.82) is 0 Å². The lowest BCUT2D eigenvalue weighted by Crippen LogP contribution is -2.14. The summed E-state index contributed by atoms with van der Waals surface area (Å²) in [5.41, 5.74) is -0.828. The third-order valence-corrected chi connectivity index (χ3v) is 2.10. The number of rotatable bonds is 1. The predicted molar refractivity (Wildman–Crippen MR) is 53.8 cm³/mol. The summed E-state index contributed by atoms with van der Waals surface area (Å²) in [6.07, 6.45) is 0. The Balaban J connectivity index is 2.74. The van der Waals surface area contributed by atoms with Crippen LogP contribution in [0.25, 0.3) is 11.0 Å². The summed E-state index contributed by atoms with van der Waals surface area (Å²) in [6.45, 7) is 0. The van der Waals surface area contributed by atoms with Crippen molar-refractivity contribution >= 4 is 16.9 Å². The highest BCUT2D eigenvalue weighted by Gasteiger charge is 2.13. The normalized spacial score (nSPS) is 10.4. The quantitative estimate of drug-likeness (QED) is 0.544. The number of fused-ring (bicyclic) bond motifs is 1. The van der Waals surface area contributed by atoms with Gasteiger partial charge < -0.3 is 9.15 Å². The van der Waals surface area contributed by atoms with Gasteiger partial charge in [0.15, 0.2) is 0 Å². The minimum Gasteiger partial charge on any atom is -0.465 e. The third-order valence-electron chi connectivity index (χ3n) is 2.10. The molecule has 82 valence electrons. The van der Waals surface area contributed by atoms with E-state index in [9.17, 15) is 14.0 Å². The first-order valence-corrected chi connectivity index (χ1v) is 4.43. The zero-order chi connectivity index (χ0) is 11.7. The highest BCUT2D eigenvalue weighted by atomic mass is 19.1. The van der Waals surface area contributed by atoms with Crippen molar-refractivity contribution < 1.29 is 18.3 Å². The topological polar surface area (TPSA) is 56.5 Å². The summed E-state index contributed by atoms with van der Waals surface area (Å²) in [4.78, 5) is 22.5. The Morgan fingerprint density at radius 3 is 2.81 bits per heavy atom. The fourth-order valence-electron chi connectivity index (χ4n) is 1.35. The van der Waals surface area contributed by atoms with Gasteiger partial charge >= 0.3 is 11.6 Å². The van der Waals surface area contributed by atoms with Gasteiger partial charge in [-0.3, -0.25) is 0 Å². The summed E-state index contributed by atoms with van der Waals surface area (Å²) in [5.74, 6) is -1.28. The molecule has 2 rings (SSSR count). The van der Waals surface area contributed by atoms with E-state index in [-0.39, 0.29) is 11.1 Å². The van der Waals surface area contributed by atoms with Crippen LogP contribution in [-0.2, 0) is 4.74 Å². The number of carbonyl (C=O) groups is 1. The van der Waals surface area contributed by atoms with Crippen molar-refractivity contribution in [3.05, 3.63) is 46.1 Å². The zero-order valence-electron chi connectivity index (χ0n) is 8.32. The van der Waals surface area contributed by atoms with Crippen LogP contribution >= 0.6 is 0 Å². The van der Waals surface area contributed by atoms with Crippen LogP contribution in [0.1, 0.15) is 10.4 Å². The zero-order valence-corrected chi connectivity index (χ0v) is 8.32. The van der Waals surface area contributed by atoms with Crippen LogP contribution in [-0.4, -0.2) is 13.1 Å². The molecule has 16 heavy (non-hydrogen) atoms. The van der Waals surface area contributed by atoms with E-state index in [1.165, 1.54) is 24.3 Å². The second-order valence-electron chi connectivity index (χ2n) is 3.12. The fraction of sp³-hybridized carbons (Fsp3) is 0.0909. The fourth-order valence-corrected chi connectivity index (χ4v) is 1.35. The molecular weight excluding hydrogens is 215 g/mol. The van der Waals surface area contributed by atoms with E-state index in [4.69, 9.17) is 4.42 Å². The number of carbonyl (C=O) groups excluding carboxylic acids is 1. The maximum Gasteiger partial charge on any atom is 0.351 e. The number of hydrogen-bond donors (Lipinski definition) is 0. The van der Waals surface area contributed by atoms with Gasteiger partial charge in [-0.15, -0.1) is 0 Å². The maximum absolute atomic E-state index is 12.9. The van der Waals surface area contributed by atoms with Gasteiger partial charge in [0.05, 0.1) is 7.11 Å². The molecule has 0 aliphatic heterocycles. The van der Waals surface area contributed by atoms with Gasteiger partial charge in [-0.2, -0.15) is 0 Å². The molecule has 1 aromatic carbocycles. The Morgan fingerprint density at radius 2 is 2.12 bits per heavy atom. The maximum atomic E-state index is 12.9. The molecule has 0 unspecified atom stereocenters. The smallest absolute Gasteiger partial charge is 0.351 e. The second-order valence-corrected chi connectivity index (χ2v) is 3.12. The van der Waals surface area contributed by atoms with E-state index in [1.807, 2.05) is 0 Å². The van der Waals surface area contributed by atoms with Crippen LogP contribution in [0.15, 0.2) is 33.5 Å². The van der Waals surface area contributed by atoms with Crippen molar-refractivity contribution in [2.24, 2.45) is 0 Å². The molecule has 0 saturated heterocycles. The largest absolute Gasteiger partial charge is 0.465 e. The van der Waals surface area contributed by atoms with Crippen molar-refractivity contribution in [3.8, 4) is 0 Å². The lowest BCUT2D eigenvalue weighted by molar-refractivity contribution is 0.0596. The molecular formula is C11H7FO4. The molecule has 0 atom stereocenters. The van der Waals surface area contributed by atoms with E-state index < -0.39 is 17.4 Å². The molecule has 0 bridgehead atoms. The molecule has 0 N–H and O–H groups in total. The number of methoxy groups -OCH3 is 1. The van der Waals surface area contributed by atoms with Gasteiger partial charge in [0.1, 0.15) is 17.0 Å². The Morgan fingerprint density at radius 1 is 1.38 bits per heavy atom. The van der Waals surface area contributed by atoms with Gasteiger partial charge in [0, 0.05) is 5.39 Å². The third kappa shape index (κ3) is 1.67. The lowest BCUT2D eigenvalue weighted by atomic mass is 10.2. The Hall–Kier alpha value is -2.17. The van der Waals surface area contributed by atoms with Gasteiger partial charge in [-0.25, -0.2) is 14.0 Å². The summed E-state index contributed by atoms with van der Waals surface area (Å²) in [7, 11) is 1.15. The molecule has 1 aromatic heterocycles. The number of hydrogen-bond acceptors (Lipinski definition) is 4. The van der Waals surface area contributed by atoms with E-state index in [0.717, 1.165) is 7.11 Å². The molecule has 2 aromatic rings. The summed E-state index contributed by atoms with van der Waals surface area (Å²) >= 11 is 0. The Kier molecular flexibility index (Phi) is 2.44. The Bertz CT molecular complexity index is 615. The summed E-state index contributed by atoms with van der Waals surface area (Å²) in [5, 5.41) is 0.333. The average molecular weight is 222 g/mol. The first kappa shape index (κ1) is 10.4. The van der Waals surface area contributed by atoms with Crippen molar-refractivity contribution in [2.75, 3.05) is 7.11 Å². The van der Waals surface area contributed by atoms with Crippen molar-refractivity contribution in [1.82, 2.24) is 0 Å². The highest BCUT2D eigenvalue weighted by Crippen LogP contribution is 2.15. The first-order chi connectivity index (χ1) is 7.61. The van der Waals surface area contributed by atoms with Gasteiger partial charge in [-0.1, -0.05) is 0 Å². The predicted octanol–water partition coefficient (Wildman–Crippen LogP) is 1.72. The molecule has 4 nitrogen and oxygen atoms in total. The Labute approximate surface area is 89.2 Å². The van der Waals surface area contributed by atoms with Crippen LogP contribution < -0.4 is 5.63 Å². The lowest BCUT2D eigenvalue weighted by Gasteiger charge is -2.00. The van der Waals surface area contributed by atoms with Crippen LogP contribution in [0.5, 0.6) is 0 Å². The van der Waals surface area contributed by atoms with Crippen molar-refractivity contribution in [3.63, 3.8) is 0 Å². The molecule has 0 aliphatic rings. The monoisotopic (exact) mass is 222 g/mol. The molecule has 0 aliphatic carbocycles. The summed E-state index contributed by atoms with van der Waals surface area (Å²) < 4.78 is 22.2. The SMILES string of the molecule is COC(=O)c1cc2cc(F)ccc2oc1=O. The van der Waals surface area contributed by atoms with Crippen LogP contribution in [0, 0.1) is 5.82 Å². The number of esters is 1. The van der Waals surface area contributed by atoms with Crippen molar-refractivity contribution in [2.45, 2.75) is 0 Å². The molecule has 0 saturated carbocycles. The van der Waals surface area contributed by atoms with Gasteiger partial charge in [-0.05, 0) is 24.3 Å².